The minimum atomic E-state index is 0.387. The monoisotopic (exact) mass is 621 g/mol. The fourth-order valence-electron chi connectivity index (χ4n) is 10.7. The second-order valence-corrected chi connectivity index (χ2v) is 14.9. The molecule has 0 bridgehead atoms. The third-order valence-corrected chi connectivity index (χ3v) is 12.7. The van der Waals surface area contributed by atoms with Crippen molar-refractivity contribution in [3.63, 3.8) is 0 Å². The molecule has 0 amide bonds. The number of hydrogen-bond acceptors (Lipinski definition) is 3. The van der Waals surface area contributed by atoms with E-state index >= 15 is 0 Å². The number of furan rings is 2. The van der Waals surface area contributed by atoms with Gasteiger partial charge in [-0.25, -0.2) is 0 Å². The van der Waals surface area contributed by atoms with Crippen LogP contribution in [0, 0.1) is 17.8 Å². The number of para-hydroxylation sites is 2. The van der Waals surface area contributed by atoms with Crippen LogP contribution in [0.15, 0.2) is 135 Å². The van der Waals surface area contributed by atoms with Crippen LogP contribution in [0.1, 0.15) is 60.0 Å². The van der Waals surface area contributed by atoms with Crippen molar-refractivity contribution in [1.29, 1.82) is 0 Å². The molecule has 0 saturated heterocycles. The van der Waals surface area contributed by atoms with Crippen molar-refractivity contribution < 1.29 is 8.83 Å². The molecule has 48 heavy (non-hydrogen) atoms. The van der Waals surface area contributed by atoms with E-state index in [1.54, 1.807) is 16.7 Å². The second kappa shape index (κ2) is 9.32. The van der Waals surface area contributed by atoms with Gasteiger partial charge in [-0.2, -0.15) is 0 Å². The van der Waals surface area contributed by atoms with E-state index in [-0.39, 0.29) is 0 Å². The number of fused-ring (bicyclic) bond motifs is 14. The maximum Gasteiger partial charge on any atom is 0.135 e. The van der Waals surface area contributed by atoms with Crippen molar-refractivity contribution in [2.75, 3.05) is 4.90 Å². The van der Waals surface area contributed by atoms with Crippen LogP contribution in [0.5, 0.6) is 0 Å². The summed E-state index contributed by atoms with van der Waals surface area (Å²) < 4.78 is 12.6. The number of allylic oxidation sites excluding steroid dienone is 6. The van der Waals surface area contributed by atoms with E-state index in [4.69, 9.17) is 8.83 Å². The standard InChI is InChI=1S/C45H35NO2/c1-2-13-31-27(9-1)32-23-33-28-10-3-6-14-37(28)46(26-18-20-42-35(22-26)30-12-5-8-16-40(30)48-42)38(33)24-36(32)45-43(44(31)45)25-17-19-41-34(21-25)29-11-4-7-15-39(29)47-41/h2-6,8,10-14,16-23,33,36,38,43-45H,1,7,9,15,24H2/t33?,36?,38?,43-,44?,45?/m0/s1. The molecule has 0 radical (unpaired) electrons. The van der Waals surface area contributed by atoms with Gasteiger partial charge in [0.2, 0.25) is 0 Å². The van der Waals surface area contributed by atoms with Crippen LogP contribution in [0.25, 0.3) is 39.0 Å². The highest BCUT2D eigenvalue weighted by molar-refractivity contribution is 6.06. The summed E-state index contributed by atoms with van der Waals surface area (Å²) in [7, 11) is 0. The third kappa shape index (κ3) is 3.39. The van der Waals surface area contributed by atoms with Crippen LogP contribution in [0.2, 0.25) is 0 Å². The van der Waals surface area contributed by atoms with Gasteiger partial charge in [-0.1, -0.05) is 72.8 Å². The molecule has 3 heterocycles. The summed E-state index contributed by atoms with van der Waals surface area (Å²) in [6.07, 6.45) is 17.8. The molecule has 6 aliphatic rings. The van der Waals surface area contributed by atoms with Crippen LogP contribution in [-0.2, 0) is 6.42 Å². The summed E-state index contributed by atoms with van der Waals surface area (Å²) in [5, 5.41) is 3.69. The molecule has 1 aliphatic heterocycles. The van der Waals surface area contributed by atoms with E-state index < -0.39 is 0 Å². The lowest BCUT2D eigenvalue weighted by atomic mass is 9.68. The van der Waals surface area contributed by atoms with E-state index in [0.717, 1.165) is 41.8 Å². The van der Waals surface area contributed by atoms with E-state index in [1.165, 1.54) is 57.1 Å². The average Bonchev–Trinajstić information content (AvgIpc) is 3.44. The molecule has 5 unspecified atom stereocenters. The molecule has 6 aromatic rings. The fourth-order valence-corrected chi connectivity index (χ4v) is 10.7. The topological polar surface area (TPSA) is 29.5 Å². The summed E-state index contributed by atoms with van der Waals surface area (Å²) in [6, 6.07) is 32.0. The van der Waals surface area contributed by atoms with Crippen molar-refractivity contribution in [3.8, 4) is 0 Å². The highest BCUT2D eigenvalue weighted by atomic mass is 16.3. The maximum absolute atomic E-state index is 6.32. The number of aryl methyl sites for hydroxylation is 1. The Balaban J connectivity index is 0.989. The quantitative estimate of drug-likeness (QED) is 0.193. The van der Waals surface area contributed by atoms with Gasteiger partial charge in [0, 0.05) is 51.5 Å². The van der Waals surface area contributed by atoms with Crippen LogP contribution < -0.4 is 4.90 Å². The molecule has 232 valence electrons. The summed E-state index contributed by atoms with van der Waals surface area (Å²) >= 11 is 0. The van der Waals surface area contributed by atoms with Gasteiger partial charge in [0.1, 0.15) is 22.5 Å². The molecule has 6 atom stereocenters. The Morgan fingerprint density at radius 3 is 2.52 bits per heavy atom. The Labute approximate surface area is 279 Å². The number of benzene rings is 4. The molecule has 5 aliphatic carbocycles. The molecule has 3 heteroatoms. The molecule has 0 N–H and O–H groups in total. The van der Waals surface area contributed by atoms with Crippen molar-refractivity contribution in [2.24, 2.45) is 17.8 Å². The summed E-state index contributed by atoms with van der Waals surface area (Å²) in [5.74, 6) is 3.91. The Morgan fingerprint density at radius 1 is 0.688 bits per heavy atom. The van der Waals surface area contributed by atoms with Crippen molar-refractivity contribution in [2.45, 2.75) is 50.0 Å². The third-order valence-electron chi connectivity index (χ3n) is 12.7. The second-order valence-electron chi connectivity index (χ2n) is 14.9. The van der Waals surface area contributed by atoms with Crippen molar-refractivity contribution >= 4 is 50.4 Å². The molecule has 3 nitrogen and oxygen atoms in total. The lowest BCUT2D eigenvalue weighted by Gasteiger charge is -2.41. The van der Waals surface area contributed by atoms with Crippen LogP contribution in [0.3, 0.4) is 0 Å². The smallest absolute Gasteiger partial charge is 0.135 e. The SMILES string of the molecule is C1=CC2=C(CC1)C1=CC3c4ccccc4N(c4ccc5oc6ccccc6c5c4)C3CC1C1C2[C@@H]1c1ccc2oc3c(c2c1)C=CCC3. The van der Waals surface area contributed by atoms with Gasteiger partial charge in [0.25, 0.3) is 0 Å². The Kier molecular flexibility index (Phi) is 5.05. The van der Waals surface area contributed by atoms with Gasteiger partial charge in [-0.15, -0.1) is 0 Å². The molecular weight excluding hydrogens is 587 g/mol. The highest BCUT2D eigenvalue weighted by Gasteiger charge is 2.62. The lowest BCUT2D eigenvalue weighted by Crippen LogP contribution is -2.37. The first-order valence-corrected chi connectivity index (χ1v) is 17.9. The first-order valence-electron chi connectivity index (χ1n) is 17.9. The maximum atomic E-state index is 6.32. The zero-order chi connectivity index (χ0) is 31.1. The molecule has 2 aromatic heterocycles. The van der Waals surface area contributed by atoms with Gasteiger partial charge in [-0.3, -0.25) is 0 Å². The number of rotatable bonds is 2. The number of anilines is 2. The lowest BCUT2D eigenvalue weighted by molar-refractivity contribution is 0.383. The van der Waals surface area contributed by atoms with Gasteiger partial charge in [0.05, 0.1) is 0 Å². The zero-order valence-corrected chi connectivity index (χ0v) is 26.7. The number of nitrogens with zero attached hydrogens (tertiary/aromatic N) is 1. The predicted octanol–water partition coefficient (Wildman–Crippen LogP) is 11.5. The van der Waals surface area contributed by atoms with E-state index in [9.17, 15) is 0 Å². The molecule has 0 spiro atoms. The van der Waals surface area contributed by atoms with E-state index in [2.05, 4.69) is 120 Å². The van der Waals surface area contributed by atoms with Crippen molar-refractivity contribution in [1.82, 2.24) is 0 Å². The summed E-state index contributed by atoms with van der Waals surface area (Å²) in [6.45, 7) is 0. The normalized spacial score (nSPS) is 27.8. The largest absolute Gasteiger partial charge is 0.460 e. The predicted molar refractivity (Wildman–Crippen MR) is 194 cm³/mol. The minimum absolute atomic E-state index is 0.387. The molecule has 4 aromatic carbocycles. The van der Waals surface area contributed by atoms with E-state index in [0.29, 0.717) is 35.6 Å². The molecule has 1 saturated carbocycles. The molecule has 1 fully saturated rings. The Bertz CT molecular complexity index is 2500. The first kappa shape index (κ1) is 26.0. The highest BCUT2D eigenvalue weighted by Crippen LogP contribution is 2.70. The van der Waals surface area contributed by atoms with E-state index in [1.807, 2.05) is 0 Å². The molecular formula is C45H35NO2. The summed E-state index contributed by atoms with van der Waals surface area (Å²) in [5.41, 5.74) is 14.8. The van der Waals surface area contributed by atoms with Crippen LogP contribution in [-0.4, -0.2) is 6.04 Å². The van der Waals surface area contributed by atoms with Gasteiger partial charge in [0.15, 0.2) is 0 Å². The Hall–Kier alpha value is -5.02. The summed E-state index contributed by atoms with van der Waals surface area (Å²) in [4.78, 5) is 2.68. The van der Waals surface area contributed by atoms with Crippen LogP contribution >= 0.6 is 0 Å². The Morgan fingerprint density at radius 2 is 1.52 bits per heavy atom. The average molecular weight is 622 g/mol. The number of hydrogen-bond donors (Lipinski definition) is 0. The van der Waals surface area contributed by atoms with Gasteiger partial charge in [-0.05, 0) is 120 Å². The van der Waals surface area contributed by atoms with Crippen LogP contribution in [0.4, 0.5) is 11.4 Å². The van der Waals surface area contributed by atoms with Crippen molar-refractivity contribution in [3.05, 3.63) is 148 Å². The first-order chi connectivity index (χ1) is 23.8. The zero-order valence-electron chi connectivity index (χ0n) is 26.7. The fraction of sp³-hybridized carbons (Fsp3) is 0.244. The van der Waals surface area contributed by atoms with Gasteiger partial charge < -0.3 is 13.7 Å². The van der Waals surface area contributed by atoms with Gasteiger partial charge >= 0.3 is 0 Å². The minimum Gasteiger partial charge on any atom is -0.460 e. The molecule has 12 rings (SSSR count).